The highest BCUT2D eigenvalue weighted by Crippen LogP contribution is 2.18. The van der Waals surface area contributed by atoms with E-state index >= 15 is 0 Å². The smallest absolute Gasteiger partial charge is 0.223 e. The molecule has 112 valence electrons. The van der Waals surface area contributed by atoms with Gasteiger partial charge in [0.25, 0.3) is 0 Å². The van der Waals surface area contributed by atoms with Crippen molar-refractivity contribution < 1.29 is 9.53 Å². The molecule has 1 aromatic carbocycles. The first kappa shape index (κ1) is 17.0. The number of hydrogen-bond donors (Lipinski definition) is 1. The normalized spacial score (nSPS) is 11.2. The maximum Gasteiger partial charge on any atom is 0.223 e. The zero-order valence-corrected chi connectivity index (χ0v) is 14.1. The van der Waals surface area contributed by atoms with Gasteiger partial charge in [-0.25, -0.2) is 0 Å². The van der Waals surface area contributed by atoms with Crippen LogP contribution in [0, 0.1) is 6.92 Å². The summed E-state index contributed by atoms with van der Waals surface area (Å²) in [6.45, 7) is 6.61. The van der Waals surface area contributed by atoms with Gasteiger partial charge in [-0.3, -0.25) is 4.79 Å². The Balaban J connectivity index is 2.40. The van der Waals surface area contributed by atoms with Crippen LogP contribution in [0.4, 0.5) is 0 Å². The van der Waals surface area contributed by atoms with E-state index in [0.29, 0.717) is 13.0 Å². The van der Waals surface area contributed by atoms with Crippen molar-refractivity contribution in [3.05, 3.63) is 29.8 Å². The molecule has 3 nitrogen and oxygen atoms in total. The van der Waals surface area contributed by atoms with Crippen LogP contribution in [0.3, 0.4) is 0 Å². The molecule has 0 aliphatic carbocycles. The van der Waals surface area contributed by atoms with E-state index in [-0.39, 0.29) is 11.4 Å². The second kappa shape index (κ2) is 8.30. The molecule has 0 heterocycles. The summed E-state index contributed by atoms with van der Waals surface area (Å²) in [5, 5.41) is 3.89. The molecule has 0 unspecified atom stereocenters. The summed E-state index contributed by atoms with van der Waals surface area (Å²) in [4.78, 5) is 12.0. The molecule has 0 spiro atoms. The van der Waals surface area contributed by atoms with E-state index in [1.165, 1.54) is 0 Å². The molecule has 20 heavy (non-hydrogen) atoms. The number of rotatable bonds is 8. The Bertz CT molecular complexity index is 422. The lowest BCUT2D eigenvalue weighted by atomic mass is 9.95. The molecule has 0 aromatic heterocycles. The summed E-state index contributed by atoms with van der Waals surface area (Å²) in [7, 11) is 0. The molecule has 1 aromatic rings. The summed E-state index contributed by atoms with van der Waals surface area (Å²) in [5.41, 5.74) is 1.02. The van der Waals surface area contributed by atoms with Crippen LogP contribution >= 0.6 is 15.9 Å². The van der Waals surface area contributed by atoms with Crippen LogP contribution in [0.25, 0.3) is 0 Å². The summed E-state index contributed by atoms with van der Waals surface area (Å²) < 4.78 is 5.60. The SMILES string of the molecule is CCC(CC)(CBr)NC(=O)CCOc1cccc(C)c1. The monoisotopic (exact) mass is 341 g/mol. The van der Waals surface area contributed by atoms with Crippen molar-refractivity contribution in [2.45, 2.75) is 45.6 Å². The molecule has 0 saturated carbocycles. The molecule has 0 radical (unpaired) electrons. The molecule has 0 fully saturated rings. The van der Waals surface area contributed by atoms with Crippen LogP contribution in [-0.2, 0) is 4.79 Å². The summed E-state index contributed by atoms with van der Waals surface area (Å²) in [6.07, 6.45) is 2.21. The number of ether oxygens (including phenoxy) is 1. The Labute approximate surface area is 130 Å². The Morgan fingerprint density at radius 3 is 2.60 bits per heavy atom. The van der Waals surface area contributed by atoms with Crippen molar-refractivity contribution in [1.82, 2.24) is 5.32 Å². The van der Waals surface area contributed by atoms with Gasteiger partial charge in [0.15, 0.2) is 0 Å². The van der Waals surface area contributed by atoms with Gasteiger partial charge in [-0.05, 0) is 37.5 Å². The first-order valence-corrected chi connectivity index (χ1v) is 8.24. The van der Waals surface area contributed by atoms with Gasteiger partial charge in [0, 0.05) is 10.9 Å². The van der Waals surface area contributed by atoms with Crippen LogP contribution in [-0.4, -0.2) is 23.4 Å². The molecule has 0 atom stereocenters. The minimum absolute atomic E-state index is 0.0424. The van der Waals surface area contributed by atoms with Crippen LogP contribution in [0.5, 0.6) is 5.75 Å². The largest absolute Gasteiger partial charge is 0.493 e. The van der Waals surface area contributed by atoms with E-state index in [2.05, 4.69) is 35.1 Å². The highest BCUT2D eigenvalue weighted by Gasteiger charge is 2.26. The molecule has 4 heteroatoms. The predicted octanol–water partition coefficient (Wildman–Crippen LogP) is 3.83. The number of carbonyl (C=O) groups is 1. The number of benzene rings is 1. The fourth-order valence-corrected chi connectivity index (χ4v) is 2.91. The number of hydrogen-bond acceptors (Lipinski definition) is 2. The first-order valence-electron chi connectivity index (χ1n) is 7.11. The second-order valence-corrected chi connectivity index (χ2v) is 5.64. The Kier molecular flexibility index (Phi) is 7.06. The van der Waals surface area contributed by atoms with Gasteiger partial charge < -0.3 is 10.1 Å². The highest BCUT2D eigenvalue weighted by molar-refractivity contribution is 9.09. The fraction of sp³-hybridized carbons (Fsp3) is 0.562. The lowest BCUT2D eigenvalue weighted by Gasteiger charge is -2.30. The number of amides is 1. The number of nitrogens with one attached hydrogen (secondary N) is 1. The number of carbonyl (C=O) groups excluding carboxylic acids is 1. The van der Waals surface area contributed by atoms with E-state index in [9.17, 15) is 4.79 Å². The minimum atomic E-state index is -0.138. The third-order valence-corrected chi connectivity index (χ3v) is 4.67. The first-order chi connectivity index (χ1) is 9.55. The van der Waals surface area contributed by atoms with Gasteiger partial charge >= 0.3 is 0 Å². The number of halogens is 1. The van der Waals surface area contributed by atoms with Crippen LogP contribution in [0.2, 0.25) is 0 Å². The predicted molar refractivity (Wildman–Crippen MR) is 86.5 cm³/mol. The lowest BCUT2D eigenvalue weighted by Crippen LogP contribution is -2.49. The summed E-state index contributed by atoms with van der Waals surface area (Å²) in [5.74, 6) is 0.858. The van der Waals surface area contributed by atoms with Crippen LogP contribution in [0.1, 0.15) is 38.7 Å². The zero-order chi connectivity index (χ0) is 15.0. The van der Waals surface area contributed by atoms with E-state index in [4.69, 9.17) is 4.74 Å². The Hall–Kier alpha value is -1.03. The third kappa shape index (κ3) is 5.16. The van der Waals surface area contributed by atoms with Gasteiger partial charge in [-0.1, -0.05) is 41.9 Å². The second-order valence-electron chi connectivity index (χ2n) is 5.08. The van der Waals surface area contributed by atoms with Crippen LogP contribution < -0.4 is 10.1 Å². The van der Waals surface area contributed by atoms with Crippen molar-refractivity contribution in [3.63, 3.8) is 0 Å². The molecular formula is C16H24BrNO2. The van der Waals surface area contributed by atoms with E-state index in [1.807, 2.05) is 31.2 Å². The van der Waals surface area contributed by atoms with Gasteiger partial charge in [0.2, 0.25) is 5.91 Å². The Morgan fingerprint density at radius 2 is 2.05 bits per heavy atom. The summed E-state index contributed by atoms with van der Waals surface area (Å²) >= 11 is 3.49. The summed E-state index contributed by atoms with van der Waals surface area (Å²) in [6, 6.07) is 7.85. The highest BCUT2D eigenvalue weighted by atomic mass is 79.9. The van der Waals surface area contributed by atoms with E-state index < -0.39 is 0 Å². The van der Waals surface area contributed by atoms with Crippen molar-refractivity contribution in [3.8, 4) is 5.75 Å². The molecule has 0 aliphatic heterocycles. The van der Waals surface area contributed by atoms with Crippen molar-refractivity contribution in [1.29, 1.82) is 0 Å². The van der Waals surface area contributed by atoms with E-state index in [1.54, 1.807) is 0 Å². The van der Waals surface area contributed by atoms with Crippen LogP contribution in [0.15, 0.2) is 24.3 Å². The minimum Gasteiger partial charge on any atom is -0.493 e. The Morgan fingerprint density at radius 1 is 1.35 bits per heavy atom. The zero-order valence-electron chi connectivity index (χ0n) is 12.5. The van der Waals surface area contributed by atoms with Gasteiger partial charge in [-0.15, -0.1) is 0 Å². The third-order valence-electron chi connectivity index (χ3n) is 3.60. The fourth-order valence-electron chi connectivity index (χ4n) is 1.97. The van der Waals surface area contributed by atoms with Crippen molar-refractivity contribution in [2.24, 2.45) is 0 Å². The van der Waals surface area contributed by atoms with Crippen molar-refractivity contribution in [2.75, 3.05) is 11.9 Å². The molecule has 0 aliphatic rings. The van der Waals surface area contributed by atoms with Gasteiger partial charge in [0.05, 0.1) is 13.0 Å². The van der Waals surface area contributed by atoms with Gasteiger partial charge in [0.1, 0.15) is 5.75 Å². The molecule has 1 rings (SSSR count). The van der Waals surface area contributed by atoms with Crippen molar-refractivity contribution >= 4 is 21.8 Å². The topological polar surface area (TPSA) is 38.3 Å². The number of aryl methyl sites for hydroxylation is 1. The molecular weight excluding hydrogens is 318 g/mol. The van der Waals surface area contributed by atoms with Gasteiger partial charge in [-0.2, -0.15) is 0 Å². The lowest BCUT2D eigenvalue weighted by molar-refractivity contribution is -0.123. The van der Waals surface area contributed by atoms with E-state index in [0.717, 1.165) is 29.5 Å². The quantitative estimate of drug-likeness (QED) is 0.729. The maximum absolute atomic E-state index is 12.0. The maximum atomic E-state index is 12.0. The average Bonchev–Trinajstić information content (AvgIpc) is 2.45. The molecule has 0 bridgehead atoms. The molecule has 1 amide bonds. The molecule has 1 N–H and O–H groups in total. The standard InChI is InChI=1S/C16H24BrNO2/c1-4-16(5-2,12-17)18-15(19)9-10-20-14-8-6-7-13(3)11-14/h6-8,11H,4-5,9-10,12H2,1-3H3,(H,18,19). The number of alkyl halides is 1. The molecule has 0 saturated heterocycles. The average molecular weight is 342 g/mol.